The van der Waals surface area contributed by atoms with E-state index in [0.717, 1.165) is 49.4 Å². The Balaban J connectivity index is 1.73. The number of carbonyl (C=O) groups is 2. The number of hydrogen-bond acceptors (Lipinski definition) is 6. The lowest BCUT2D eigenvalue weighted by Gasteiger charge is -2.48. The minimum absolute atomic E-state index is 0.0961. The average molecular weight is 613 g/mol. The fourth-order valence-corrected chi connectivity index (χ4v) is 14.0. The molecule has 3 aromatic carbocycles. The molecule has 0 aliphatic carbocycles. The highest BCUT2D eigenvalue weighted by Gasteiger charge is 2.58. The van der Waals surface area contributed by atoms with E-state index in [1.165, 1.54) is 48.1 Å². The van der Waals surface area contributed by atoms with E-state index in [-0.39, 0.29) is 12.2 Å². The Morgan fingerprint density at radius 2 is 1.39 bits per heavy atom. The van der Waals surface area contributed by atoms with Crippen LogP contribution in [0.25, 0.3) is 0 Å². The summed E-state index contributed by atoms with van der Waals surface area (Å²) >= 11 is 0. The third kappa shape index (κ3) is 4.40. The molecule has 0 aromatic heterocycles. The van der Waals surface area contributed by atoms with Crippen molar-refractivity contribution in [1.29, 1.82) is 0 Å². The highest BCUT2D eigenvalue weighted by atomic mass is 28.3. The lowest BCUT2D eigenvalue weighted by molar-refractivity contribution is 0.0255. The van der Waals surface area contributed by atoms with Crippen molar-refractivity contribution in [3.8, 4) is 0 Å². The lowest BCUT2D eigenvalue weighted by Crippen LogP contribution is -2.67. The number of aromatic carboxylic acids is 1. The van der Waals surface area contributed by atoms with E-state index in [4.69, 9.17) is 9.47 Å². The fourth-order valence-electron chi connectivity index (χ4n) is 8.25. The molecule has 44 heavy (non-hydrogen) atoms. The molecule has 6 rings (SSSR count). The van der Waals surface area contributed by atoms with Crippen molar-refractivity contribution in [3.05, 3.63) is 81.9 Å². The van der Waals surface area contributed by atoms with Gasteiger partial charge in [0.15, 0.2) is 5.60 Å². The van der Waals surface area contributed by atoms with Crippen molar-refractivity contribution < 1.29 is 24.2 Å². The van der Waals surface area contributed by atoms with Crippen molar-refractivity contribution in [2.24, 2.45) is 0 Å². The molecule has 0 amide bonds. The van der Waals surface area contributed by atoms with Crippen molar-refractivity contribution >= 4 is 41.8 Å². The van der Waals surface area contributed by atoms with E-state index in [9.17, 15) is 14.7 Å². The Kier molecular flexibility index (Phi) is 8.09. The van der Waals surface area contributed by atoms with Gasteiger partial charge >= 0.3 is 11.9 Å². The van der Waals surface area contributed by atoms with Crippen LogP contribution < -0.4 is 20.2 Å². The van der Waals surface area contributed by atoms with Gasteiger partial charge in [0.25, 0.3) is 0 Å². The number of esters is 1. The number of hydrogen-bond donors (Lipinski definition) is 1. The lowest BCUT2D eigenvalue weighted by atomic mass is 9.78. The molecule has 1 fully saturated rings. The summed E-state index contributed by atoms with van der Waals surface area (Å²) in [7, 11) is -0.764. The highest BCUT2D eigenvalue weighted by Crippen LogP contribution is 2.51. The summed E-state index contributed by atoms with van der Waals surface area (Å²) in [5.41, 5.74) is 4.82. The number of carboxylic acid groups (broad SMARTS) is 1. The molecule has 7 nitrogen and oxygen atoms in total. The molecule has 1 N–H and O–H groups in total. The van der Waals surface area contributed by atoms with Gasteiger partial charge in [-0.2, -0.15) is 0 Å². The Morgan fingerprint density at radius 1 is 0.841 bits per heavy atom. The molecule has 3 aliphatic heterocycles. The third-order valence-corrected chi connectivity index (χ3v) is 15.7. The molecule has 3 aliphatic rings. The van der Waals surface area contributed by atoms with Crippen LogP contribution in [0.5, 0.6) is 0 Å². The number of anilines is 2. The molecular weight excluding hydrogens is 568 g/mol. The number of fused-ring (bicyclic) bond motifs is 8. The van der Waals surface area contributed by atoms with E-state index < -0.39 is 25.6 Å². The molecule has 3 aromatic rings. The fraction of sp³-hybridized carbons (Fsp3) is 0.444. The molecule has 2 spiro atoms. The van der Waals surface area contributed by atoms with E-state index in [1.54, 1.807) is 12.1 Å². The minimum Gasteiger partial charge on any atom is -0.478 e. The Bertz CT molecular complexity index is 1540. The normalized spacial score (nSPS) is 17.2. The maximum Gasteiger partial charge on any atom is 0.340 e. The first-order chi connectivity index (χ1) is 21.3. The Labute approximate surface area is 261 Å². The Hall–Kier alpha value is -3.62. The molecule has 0 radical (unpaired) electrons. The van der Waals surface area contributed by atoms with Crippen LogP contribution in [-0.2, 0) is 21.7 Å². The molecule has 0 saturated carbocycles. The summed E-state index contributed by atoms with van der Waals surface area (Å²) in [5, 5.41) is 13.0. The van der Waals surface area contributed by atoms with Crippen LogP contribution in [0.15, 0.2) is 48.5 Å². The first kappa shape index (κ1) is 30.4. The van der Waals surface area contributed by atoms with Gasteiger partial charge in [-0.3, -0.25) is 0 Å². The zero-order chi connectivity index (χ0) is 31.2. The van der Waals surface area contributed by atoms with Gasteiger partial charge in [-0.15, -0.1) is 0 Å². The van der Waals surface area contributed by atoms with Crippen LogP contribution in [0, 0.1) is 0 Å². The number of ether oxygens (including phenoxy) is 2. The number of carboxylic acids is 1. The maximum atomic E-state index is 13.9. The van der Waals surface area contributed by atoms with Gasteiger partial charge in [0.2, 0.25) is 0 Å². The molecule has 0 atom stereocenters. The quantitative estimate of drug-likeness (QED) is 0.244. The Morgan fingerprint density at radius 3 is 1.86 bits per heavy atom. The van der Waals surface area contributed by atoms with Gasteiger partial charge in [0.1, 0.15) is 8.07 Å². The number of methoxy groups -OCH3 is 1. The van der Waals surface area contributed by atoms with Crippen LogP contribution in [0.3, 0.4) is 0 Å². The van der Waals surface area contributed by atoms with Crippen molar-refractivity contribution in [2.45, 2.75) is 71.3 Å². The monoisotopic (exact) mass is 612 g/mol. The SMILES string of the molecule is CCN(CC)c1ccc2c(c1)[Si]1(CCCCC1)c1cc(N(CC)CC)ccc1C21OC(=O)c2cc(COC)c(C(=O)O)cc21. The van der Waals surface area contributed by atoms with Crippen molar-refractivity contribution in [2.75, 3.05) is 43.1 Å². The predicted octanol–water partition coefficient (Wildman–Crippen LogP) is 5.75. The van der Waals surface area contributed by atoms with Crippen LogP contribution in [0.2, 0.25) is 12.1 Å². The zero-order valence-corrected chi connectivity index (χ0v) is 27.7. The molecule has 0 unspecified atom stereocenters. The molecule has 8 heteroatoms. The topological polar surface area (TPSA) is 79.3 Å². The van der Waals surface area contributed by atoms with Crippen molar-refractivity contribution in [3.63, 3.8) is 0 Å². The second-order valence-corrected chi connectivity index (χ2v) is 16.6. The maximum absolute atomic E-state index is 13.9. The van der Waals surface area contributed by atoms with Gasteiger partial charge in [0, 0.05) is 61.4 Å². The first-order valence-corrected chi connectivity index (χ1v) is 18.6. The van der Waals surface area contributed by atoms with Crippen LogP contribution in [-0.4, -0.2) is 58.4 Å². The summed E-state index contributed by atoms with van der Waals surface area (Å²) in [5.74, 6) is -1.47. The van der Waals surface area contributed by atoms with Crippen molar-refractivity contribution in [1.82, 2.24) is 0 Å². The van der Waals surface area contributed by atoms with Gasteiger partial charge < -0.3 is 24.4 Å². The third-order valence-electron chi connectivity index (χ3n) is 10.4. The summed E-state index contributed by atoms with van der Waals surface area (Å²) in [6.45, 7) is 12.4. The van der Waals surface area contributed by atoms with Gasteiger partial charge in [-0.25, -0.2) is 9.59 Å². The van der Waals surface area contributed by atoms with Gasteiger partial charge in [-0.05, 0) is 92.1 Å². The van der Waals surface area contributed by atoms with E-state index >= 15 is 0 Å². The first-order valence-electron chi connectivity index (χ1n) is 16.2. The van der Waals surface area contributed by atoms with E-state index in [2.05, 4.69) is 73.9 Å². The van der Waals surface area contributed by atoms with Gasteiger partial charge in [-0.1, -0.05) is 31.4 Å². The second kappa shape index (κ2) is 11.7. The second-order valence-electron chi connectivity index (χ2n) is 12.3. The largest absolute Gasteiger partial charge is 0.478 e. The number of benzene rings is 3. The molecule has 0 bridgehead atoms. The summed E-state index contributed by atoms with van der Waals surface area (Å²) < 4.78 is 12.0. The van der Waals surface area contributed by atoms with Crippen LogP contribution in [0.4, 0.5) is 11.4 Å². The predicted molar refractivity (Wildman–Crippen MR) is 178 cm³/mol. The van der Waals surface area contributed by atoms with Gasteiger partial charge in [0.05, 0.1) is 17.7 Å². The standard InChI is InChI=1S/C36H44N2O5Si/c1-6-37(7-2)25-13-15-29-32(20-25)44(17-11-10-12-18-44)33-21-26(38(8-3)9-4)14-16-30(33)36(29)31-22-27(34(39)40)24(23-42-5)19-28(31)35(41)43-36/h13-16,19-22H,6-12,17-18,23H2,1-5H3,(H,39,40). The van der Waals surface area contributed by atoms with Crippen LogP contribution in [0.1, 0.15) is 89.9 Å². The minimum atomic E-state index is -2.29. The molecule has 1 saturated heterocycles. The zero-order valence-electron chi connectivity index (χ0n) is 26.7. The smallest absolute Gasteiger partial charge is 0.340 e. The summed E-state index contributed by atoms with van der Waals surface area (Å²) in [4.78, 5) is 31.2. The molecule has 232 valence electrons. The van der Waals surface area contributed by atoms with Crippen LogP contribution >= 0.6 is 0 Å². The highest BCUT2D eigenvalue weighted by molar-refractivity contribution is 7.03. The molecule has 3 heterocycles. The number of rotatable bonds is 9. The van der Waals surface area contributed by atoms with E-state index in [1.807, 2.05) is 0 Å². The molecular formula is C36H44N2O5Si. The number of nitrogens with zero attached hydrogens (tertiary/aromatic N) is 2. The van der Waals surface area contributed by atoms with E-state index in [0.29, 0.717) is 16.7 Å². The number of carbonyl (C=O) groups excluding carboxylic acids is 1. The summed E-state index contributed by atoms with van der Waals surface area (Å²) in [6.07, 6.45) is 3.60. The average Bonchev–Trinajstić information content (AvgIpc) is 3.33. The summed E-state index contributed by atoms with van der Waals surface area (Å²) in [6, 6.07) is 19.2.